The molecule has 0 aliphatic rings. The molecule has 6 heteroatoms. The molecule has 0 unspecified atom stereocenters. The Morgan fingerprint density at radius 1 is 1.19 bits per heavy atom. The van der Waals surface area contributed by atoms with Gasteiger partial charge in [-0.15, -0.1) is 0 Å². The first-order valence-electron chi connectivity index (χ1n) is 6.22. The predicted octanol–water partition coefficient (Wildman–Crippen LogP) is 3.81. The van der Waals surface area contributed by atoms with E-state index in [1.807, 2.05) is 0 Å². The molecule has 0 aliphatic carbocycles. The summed E-state index contributed by atoms with van der Waals surface area (Å²) in [4.78, 5) is 23.1. The molecule has 0 bridgehead atoms. The van der Waals surface area contributed by atoms with E-state index in [1.165, 1.54) is 18.2 Å². The van der Waals surface area contributed by atoms with E-state index < -0.39 is 5.97 Å². The molecule has 1 heterocycles. The summed E-state index contributed by atoms with van der Waals surface area (Å²) < 4.78 is 5.41. The van der Waals surface area contributed by atoms with Crippen molar-refractivity contribution in [3.63, 3.8) is 0 Å². The van der Waals surface area contributed by atoms with Gasteiger partial charge >= 0.3 is 5.97 Å². The lowest BCUT2D eigenvalue weighted by Crippen LogP contribution is -2.14. The van der Waals surface area contributed by atoms with Crippen LogP contribution in [0.3, 0.4) is 0 Å². The topological polar surface area (TPSA) is 79.5 Å². The minimum atomic E-state index is -1.08. The van der Waals surface area contributed by atoms with Gasteiger partial charge in [-0.05, 0) is 39.0 Å². The number of anilines is 1. The highest BCUT2D eigenvalue weighted by Gasteiger charge is 2.19. The molecule has 21 heavy (non-hydrogen) atoms. The molecule has 0 radical (unpaired) electrons. The van der Waals surface area contributed by atoms with Crippen molar-refractivity contribution >= 4 is 29.2 Å². The maximum atomic E-state index is 12.3. The number of rotatable bonds is 3. The normalized spacial score (nSPS) is 10.5. The van der Waals surface area contributed by atoms with E-state index >= 15 is 0 Å². The maximum absolute atomic E-state index is 12.3. The van der Waals surface area contributed by atoms with Crippen LogP contribution in [0.25, 0.3) is 0 Å². The number of halogens is 1. The molecule has 0 fully saturated rings. The summed E-state index contributed by atoms with van der Waals surface area (Å²) in [6.45, 7) is 5.30. The number of carboxylic acid groups (broad SMARTS) is 1. The van der Waals surface area contributed by atoms with Crippen LogP contribution in [0.15, 0.2) is 22.6 Å². The van der Waals surface area contributed by atoms with Crippen LogP contribution in [-0.2, 0) is 0 Å². The molecule has 0 aliphatic heterocycles. The third-order valence-corrected chi connectivity index (χ3v) is 3.57. The molecule has 0 atom stereocenters. The first-order chi connectivity index (χ1) is 9.81. The monoisotopic (exact) mass is 307 g/mol. The number of furan rings is 1. The predicted molar refractivity (Wildman–Crippen MR) is 79.3 cm³/mol. The molecule has 0 saturated carbocycles. The molecular weight excluding hydrogens is 294 g/mol. The highest BCUT2D eigenvalue weighted by atomic mass is 35.5. The lowest BCUT2D eigenvalue weighted by atomic mass is 10.1. The lowest BCUT2D eigenvalue weighted by Gasteiger charge is -2.08. The molecule has 0 spiro atoms. The van der Waals surface area contributed by atoms with E-state index in [9.17, 15) is 9.59 Å². The Hall–Kier alpha value is -2.27. The second-order valence-corrected chi connectivity index (χ2v) is 5.08. The highest BCUT2D eigenvalue weighted by Crippen LogP contribution is 2.26. The number of carbonyl (C=O) groups is 2. The van der Waals surface area contributed by atoms with Gasteiger partial charge in [-0.2, -0.15) is 0 Å². The number of hydrogen-bond acceptors (Lipinski definition) is 3. The van der Waals surface area contributed by atoms with Crippen molar-refractivity contribution in [2.24, 2.45) is 0 Å². The number of carbonyl (C=O) groups excluding carboxylic acids is 1. The van der Waals surface area contributed by atoms with Crippen molar-refractivity contribution in [1.82, 2.24) is 0 Å². The third kappa shape index (κ3) is 2.92. The zero-order valence-electron chi connectivity index (χ0n) is 11.8. The molecule has 5 nitrogen and oxygen atoms in total. The zero-order valence-corrected chi connectivity index (χ0v) is 12.5. The van der Waals surface area contributed by atoms with E-state index in [1.54, 1.807) is 20.8 Å². The second kappa shape index (κ2) is 5.61. The lowest BCUT2D eigenvalue weighted by molar-refractivity contribution is 0.0696. The summed E-state index contributed by atoms with van der Waals surface area (Å²) in [6, 6.07) is 4.13. The number of benzene rings is 1. The molecule has 1 aromatic carbocycles. The number of carboxylic acids is 1. The molecule has 2 rings (SSSR count). The summed E-state index contributed by atoms with van der Waals surface area (Å²) in [6.07, 6.45) is 0. The van der Waals surface area contributed by atoms with Gasteiger partial charge in [0.1, 0.15) is 11.5 Å². The Labute approximate surface area is 126 Å². The summed E-state index contributed by atoms with van der Waals surface area (Å²) in [5, 5.41) is 11.7. The van der Waals surface area contributed by atoms with Crippen LogP contribution in [-0.4, -0.2) is 17.0 Å². The fourth-order valence-electron chi connectivity index (χ4n) is 2.06. The number of aromatic carboxylic acids is 1. The average Bonchev–Trinajstić information content (AvgIpc) is 2.65. The zero-order chi connectivity index (χ0) is 15.7. The Morgan fingerprint density at radius 2 is 1.86 bits per heavy atom. The van der Waals surface area contributed by atoms with E-state index in [0.29, 0.717) is 22.8 Å². The third-order valence-electron chi connectivity index (χ3n) is 3.25. The van der Waals surface area contributed by atoms with E-state index in [2.05, 4.69) is 5.32 Å². The van der Waals surface area contributed by atoms with Gasteiger partial charge in [0.2, 0.25) is 0 Å². The highest BCUT2D eigenvalue weighted by molar-refractivity contribution is 6.34. The second-order valence-electron chi connectivity index (χ2n) is 4.67. The minimum absolute atomic E-state index is 0.0597. The molecular formula is C15H14ClNO4. The smallest absolute Gasteiger partial charge is 0.335 e. The molecule has 110 valence electrons. The largest absolute Gasteiger partial charge is 0.478 e. The first-order valence-corrected chi connectivity index (χ1v) is 6.60. The van der Waals surface area contributed by atoms with Crippen LogP contribution >= 0.6 is 11.6 Å². The molecule has 1 aromatic heterocycles. The first kappa shape index (κ1) is 15.1. The summed E-state index contributed by atoms with van der Waals surface area (Å²) in [5.74, 6) is -0.204. The van der Waals surface area contributed by atoms with Crippen molar-refractivity contribution in [1.29, 1.82) is 0 Å². The fourth-order valence-corrected chi connectivity index (χ4v) is 2.29. The Morgan fingerprint density at radius 3 is 2.33 bits per heavy atom. The van der Waals surface area contributed by atoms with Crippen molar-refractivity contribution in [3.05, 3.63) is 51.4 Å². The van der Waals surface area contributed by atoms with E-state index in [-0.39, 0.29) is 16.5 Å². The van der Waals surface area contributed by atoms with Crippen LogP contribution in [0.1, 0.15) is 37.8 Å². The fraction of sp³-hybridized carbons (Fsp3) is 0.200. The number of hydrogen-bond donors (Lipinski definition) is 2. The van der Waals surface area contributed by atoms with Crippen molar-refractivity contribution in [2.75, 3.05) is 5.32 Å². The maximum Gasteiger partial charge on any atom is 0.335 e. The number of nitrogens with one attached hydrogen (secondary N) is 1. The standard InChI is InChI=1S/C15H14ClNO4/c1-7-8(2)21-9(3)13(7)14(18)17-12-5-4-10(15(19)20)6-11(12)16/h4-6H,1-3H3,(H,17,18)(H,19,20). The van der Waals surface area contributed by atoms with E-state index in [4.69, 9.17) is 21.1 Å². The van der Waals surface area contributed by atoms with E-state index in [0.717, 1.165) is 5.56 Å². The summed E-state index contributed by atoms with van der Waals surface area (Å²) in [5.41, 5.74) is 1.64. The van der Waals surface area contributed by atoms with Crippen LogP contribution in [0, 0.1) is 20.8 Å². The van der Waals surface area contributed by atoms with Gasteiger partial charge in [0.15, 0.2) is 0 Å². The quantitative estimate of drug-likeness (QED) is 0.903. The van der Waals surface area contributed by atoms with Gasteiger partial charge in [-0.1, -0.05) is 11.6 Å². The van der Waals surface area contributed by atoms with Crippen molar-refractivity contribution in [2.45, 2.75) is 20.8 Å². The van der Waals surface area contributed by atoms with Crippen LogP contribution in [0.4, 0.5) is 5.69 Å². The molecule has 1 amide bonds. The van der Waals surface area contributed by atoms with Crippen LogP contribution in [0.2, 0.25) is 5.02 Å². The Bertz CT molecular complexity index is 734. The molecule has 2 N–H and O–H groups in total. The van der Waals surface area contributed by atoms with Crippen molar-refractivity contribution in [3.8, 4) is 0 Å². The SMILES string of the molecule is Cc1oc(C)c(C(=O)Nc2ccc(C(=O)O)cc2Cl)c1C. The van der Waals surface area contributed by atoms with Gasteiger partial charge in [-0.3, -0.25) is 4.79 Å². The summed E-state index contributed by atoms with van der Waals surface area (Å²) >= 11 is 5.99. The van der Waals surface area contributed by atoms with Crippen LogP contribution < -0.4 is 5.32 Å². The van der Waals surface area contributed by atoms with Gasteiger partial charge in [-0.25, -0.2) is 4.79 Å². The average molecular weight is 308 g/mol. The minimum Gasteiger partial charge on any atom is -0.478 e. The van der Waals surface area contributed by atoms with Gasteiger partial charge in [0.05, 0.1) is 21.8 Å². The van der Waals surface area contributed by atoms with Crippen molar-refractivity contribution < 1.29 is 19.1 Å². The van der Waals surface area contributed by atoms with Gasteiger partial charge < -0.3 is 14.8 Å². The number of amides is 1. The Kier molecular flexibility index (Phi) is 4.04. The molecule has 2 aromatic rings. The molecule has 0 saturated heterocycles. The Balaban J connectivity index is 2.30. The summed E-state index contributed by atoms with van der Waals surface area (Å²) in [7, 11) is 0. The van der Waals surface area contributed by atoms with Gasteiger partial charge in [0, 0.05) is 5.56 Å². The van der Waals surface area contributed by atoms with Crippen LogP contribution in [0.5, 0.6) is 0 Å². The van der Waals surface area contributed by atoms with Gasteiger partial charge in [0.25, 0.3) is 5.91 Å². The number of aryl methyl sites for hydroxylation is 2.